The Morgan fingerprint density at radius 2 is 2.00 bits per heavy atom. The summed E-state index contributed by atoms with van der Waals surface area (Å²) in [6.07, 6.45) is 5.80. The fourth-order valence-electron chi connectivity index (χ4n) is 2.41. The molecular weight excluding hydrogens is 263 g/mol. The van der Waals surface area contributed by atoms with E-state index in [2.05, 4.69) is 0 Å². The second-order valence-corrected chi connectivity index (χ2v) is 6.03. The third-order valence-electron chi connectivity index (χ3n) is 3.24. The zero-order valence-corrected chi connectivity index (χ0v) is 11.3. The molecule has 0 heterocycles. The zero-order chi connectivity index (χ0) is 11.5. The van der Waals surface area contributed by atoms with Gasteiger partial charge in [-0.1, -0.05) is 42.1 Å². The summed E-state index contributed by atoms with van der Waals surface area (Å²) in [6.45, 7) is 0. The van der Waals surface area contributed by atoms with Crippen molar-refractivity contribution in [1.82, 2.24) is 0 Å². The summed E-state index contributed by atoms with van der Waals surface area (Å²) in [6, 6.07) is 5.76. The first-order chi connectivity index (χ1) is 7.65. The molecule has 0 aromatic heterocycles. The molecule has 1 aliphatic rings. The Hall–Kier alpha value is 0.0900. The van der Waals surface area contributed by atoms with E-state index in [-0.39, 0.29) is 0 Å². The third kappa shape index (κ3) is 3.29. The van der Waals surface area contributed by atoms with Crippen molar-refractivity contribution in [3.63, 3.8) is 0 Å². The summed E-state index contributed by atoms with van der Waals surface area (Å²) in [7, 11) is 0. The Morgan fingerprint density at radius 1 is 1.19 bits per heavy atom. The van der Waals surface area contributed by atoms with Crippen molar-refractivity contribution < 1.29 is 0 Å². The van der Waals surface area contributed by atoms with Crippen molar-refractivity contribution >= 4 is 34.8 Å². The molecule has 1 aliphatic carbocycles. The van der Waals surface area contributed by atoms with Crippen LogP contribution in [-0.4, -0.2) is 5.38 Å². The number of benzene rings is 1. The molecule has 0 aliphatic heterocycles. The molecule has 16 heavy (non-hydrogen) atoms. The van der Waals surface area contributed by atoms with Crippen molar-refractivity contribution in [3.8, 4) is 0 Å². The summed E-state index contributed by atoms with van der Waals surface area (Å²) >= 11 is 18.2. The Balaban J connectivity index is 2.02. The van der Waals surface area contributed by atoms with E-state index in [1.807, 2.05) is 18.2 Å². The van der Waals surface area contributed by atoms with Gasteiger partial charge in [0.15, 0.2) is 0 Å². The maximum atomic E-state index is 6.19. The van der Waals surface area contributed by atoms with Gasteiger partial charge in [0.1, 0.15) is 0 Å². The zero-order valence-electron chi connectivity index (χ0n) is 9.06. The lowest BCUT2D eigenvalue weighted by molar-refractivity contribution is 0.361. The Kier molecular flexibility index (Phi) is 4.41. The molecule has 0 N–H and O–H groups in total. The highest BCUT2D eigenvalue weighted by Gasteiger charge is 2.21. The van der Waals surface area contributed by atoms with Crippen LogP contribution in [0, 0.1) is 5.92 Å². The van der Waals surface area contributed by atoms with Crippen LogP contribution in [0.25, 0.3) is 0 Å². The standard InChI is InChI=1S/C13H15Cl3/c14-11-3-1-2-9(7-11)6-10-4-5-12(15)8-13(10)16/h4-5,8-9,11H,1-3,6-7H2. The van der Waals surface area contributed by atoms with Crippen LogP contribution < -0.4 is 0 Å². The van der Waals surface area contributed by atoms with Crippen LogP contribution in [0.1, 0.15) is 31.2 Å². The van der Waals surface area contributed by atoms with Crippen LogP contribution in [0.15, 0.2) is 18.2 Å². The SMILES string of the molecule is Clc1ccc(CC2CCCC(Cl)C2)c(Cl)c1. The van der Waals surface area contributed by atoms with Crippen LogP contribution in [0.2, 0.25) is 10.0 Å². The molecule has 2 atom stereocenters. The molecule has 0 saturated heterocycles. The molecule has 0 spiro atoms. The molecule has 3 heteroatoms. The maximum Gasteiger partial charge on any atom is 0.0452 e. The molecule has 88 valence electrons. The average molecular weight is 278 g/mol. The molecule has 0 radical (unpaired) electrons. The topological polar surface area (TPSA) is 0 Å². The van der Waals surface area contributed by atoms with Gasteiger partial charge in [-0.25, -0.2) is 0 Å². The van der Waals surface area contributed by atoms with E-state index in [4.69, 9.17) is 34.8 Å². The summed E-state index contributed by atoms with van der Waals surface area (Å²) < 4.78 is 0. The number of halogens is 3. The van der Waals surface area contributed by atoms with E-state index in [1.54, 1.807) is 0 Å². The predicted octanol–water partition coefficient (Wildman–Crippen LogP) is 5.33. The maximum absolute atomic E-state index is 6.19. The molecule has 1 aromatic rings. The largest absolute Gasteiger partial charge is 0.123 e. The number of hydrogen-bond donors (Lipinski definition) is 0. The summed E-state index contributed by atoms with van der Waals surface area (Å²) in [4.78, 5) is 0. The van der Waals surface area contributed by atoms with Crippen LogP contribution in [0.3, 0.4) is 0 Å². The van der Waals surface area contributed by atoms with E-state index >= 15 is 0 Å². The van der Waals surface area contributed by atoms with Crippen molar-refractivity contribution in [3.05, 3.63) is 33.8 Å². The molecule has 1 fully saturated rings. The van der Waals surface area contributed by atoms with Crippen LogP contribution >= 0.6 is 34.8 Å². The summed E-state index contributed by atoms with van der Waals surface area (Å²) in [5, 5.41) is 1.83. The number of rotatable bonds is 2. The van der Waals surface area contributed by atoms with Crippen molar-refractivity contribution in [2.24, 2.45) is 5.92 Å². The molecule has 0 amide bonds. The molecular formula is C13H15Cl3. The molecule has 2 unspecified atom stereocenters. The quantitative estimate of drug-likeness (QED) is 0.641. The first-order valence-corrected chi connectivity index (χ1v) is 6.92. The first kappa shape index (κ1) is 12.5. The smallest absolute Gasteiger partial charge is 0.0452 e. The highest BCUT2D eigenvalue weighted by atomic mass is 35.5. The van der Waals surface area contributed by atoms with Gasteiger partial charge in [-0.15, -0.1) is 11.6 Å². The van der Waals surface area contributed by atoms with Gasteiger partial charge in [0, 0.05) is 15.4 Å². The van der Waals surface area contributed by atoms with E-state index < -0.39 is 0 Å². The normalized spacial score (nSPS) is 25.7. The van der Waals surface area contributed by atoms with E-state index in [9.17, 15) is 0 Å². The lowest BCUT2D eigenvalue weighted by Gasteiger charge is -2.25. The average Bonchev–Trinajstić information content (AvgIpc) is 2.22. The van der Waals surface area contributed by atoms with E-state index in [1.165, 1.54) is 18.4 Å². The minimum absolute atomic E-state index is 0.352. The van der Waals surface area contributed by atoms with Crippen LogP contribution in [0.4, 0.5) is 0 Å². The molecule has 1 saturated carbocycles. The lowest BCUT2D eigenvalue weighted by Crippen LogP contribution is -2.17. The molecule has 0 nitrogen and oxygen atoms in total. The van der Waals surface area contributed by atoms with Gasteiger partial charge in [-0.05, 0) is 42.9 Å². The van der Waals surface area contributed by atoms with Crippen molar-refractivity contribution in [1.29, 1.82) is 0 Å². The van der Waals surface area contributed by atoms with E-state index in [0.717, 1.165) is 24.3 Å². The minimum atomic E-state index is 0.352. The second kappa shape index (κ2) is 5.62. The van der Waals surface area contributed by atoms with Gasteiger partial charge in [-0.3, -0.25) is 0 Å². The van der Waals surface area contributed by atoms with Gasteiger partial charge in [0.2, 0.25) is 0 Å². The second-order valence-electron chi connectivity index (χ2n) is 4.57. The highest BCUT2D eigenvalue weighted by Crippen LogP contribution is 2.32. The predicted molar refractivity (Wildman–Crippen MR) is 71.8 cm³/mol. The van der Waals surface area contributed by atoms with Gasteiger partial charge < -0.3 is 0 Å². The molecule has 0 bridgehead atoms. The number of alkyl halides is 1. The fraction of sp³-hybridized carbons (Fsp3) is 0.538. The summed E-state index contributed by atoms with van der Waals surface area (Å²) in [5.74, 6) is 0.676. The van der Waals surface area contributed by atoms with E-state index in [0.29, 0.717) is 16.3 Å². The monoisotopic (exact) mass is 276 g/mol. The first-order valence-electron chi connectivity index (χ1n) is 5.73. The molecule has 1 aromatic carbocycles. The third-order valence-corrected chi connectivity index (χ3v) is 4.23. The molecule has 2 rings (SSSR count). The van der Waals surface area contributed by atoms with Crippen LogP contribution in [-0.2, 0) is 6.42 Å². The number of hydrogen-bond acceptors (Lipinski definition) is 0. The van der Waals surface area contributed by atoms with Crippen molar-refractivity contribution in [2.45, 2.75) is 37.5 Å². The highest BCUT2D eigenvalue weighted by molar-refractivity contribution is 6.35. The van der Waals surface area contributed by atoms with Gasteiger partial charge in [0.25, 0.3) is 0 Å². The minimum Gasteiger partial charge on any atom is -0.123 e. The fourth-order valence-corrected chi connectivity index (χ4v) is 3.30. The van der Waals surface area contributed by atoms with Gasteiger partial charge >= 0.3 is 0 Å². The van der Waals surface area contributed by atoms with Gasteiger partial charge in [-0.2, -0.15) is 0 Å². The van der Waals surface area contributed by atoms with Gasteiger partial charge in [0.05, 0.1) is 0 Å². The lowest BCUT2D eigenvalue weighted by atomic mass is 9.84. The Morgan fingerprint density at radius 3 is 2.69 bits per heavy atom. The van der Waals surface area contributed by atoms with Crippen LogP contribution in [0.5, 0.6) is 0 Å². The summed E-state index contributed by atoms with van der Waals surface area (Å²) in [5.41, 5.74) is 1.20. The Bertz CT molecular complexity index is 362. The van der Waals surface area contributed by atoms with Crippen molar-refractivity contribution in [2.75, 3.05) is 0 Å². The Labute approximate surface area is 112 Å².